The number of carbonyl (C=O) groups is 2. The van der Waals surface area contributed by atoms with E-state index in [1.165, 1.54) is 0 Å². The van der Waals surface area contributed by atoms with Crippen molar-refractivity contribution < 1.29 is 9.59 Å². The standard InChI is InChI=1S/C18H17ClN2O2/c1-21-16(22)11-15(17(21)12-6-3-2-4-7-12)18(23)20-14-9-5-8-13(19)10-14/h2-10,15,17H,11H2,1H3,(H,20,23)/t15-,17+/m1/s1. The molecule has 118 valence electrons. The SMILES string of the molecule is CN1C(=O)C[C@@H](C(=O)Nc2cccc(Cl)c2)[C@@H]1c1ccccc1. The molecule has 3 rings (SSSR count). The lowest BCUT2D eigenvalue weighted by Gasteiger charge is -2.25. The molecular formula is C18H17ClN2O2. The van der Waals surface area contributed by atoms with Gasteiger partial charge in [0.15, 0.2) is 0 Å². The fourth-order valence-electron chi connectivity index (χ4n) is 3.01. The molecule has 0 saturated carbocycles. The summed E-state index contributed by atoms with van der Waals surface area (Å²) in [6.07, 6.45) is 0.211. The Labute approximate surface area is 140 Å². The summed E-state index contributed by atoms with van der Waals surface area (Å²) in [5.41, 5.74) is 1.60. The summed E-state index contributed by atoms with van der Waals surface area (Å²) in [4.78, 5) is 26.4. The van der Waals surface area contributed by atoms with E-state index in [4.69, 9.17) is 11.6 Å². The van der Waals surface area contributed by atoms with E-state index in [-0.39, 0.29) is 24.3 Å². The van der Waals surface area contributed by atoms with Crippen molar-refractivity contribution in [1.29, 1.82) is 0 Å². The van der Waals surface area contributed by atoms with Crippen molar-refractivity contribution >= 4 is 29.1 Å². The molecule has 0 aromatic heterocycles. The van der Waals surface area contributed by atoms with Gasteiger partial charge in [0.05, 0.1) is 12.0 Å². The summed E-state index contributed by atoms with van der Waals surface area (Å²) in [5.74, 6) is -0.613. The number of benzene rings is 2. The van der Waals surface area contributed by atoms with Crippen molar-refractivity contribution in [3.05, 3.63) is 65.2 Å². The number of carbonyl (C=O) groups excluding carboxylic acids is 2. The predicted molar refractivity (Wildman–Crippen MR) is 90.1 cm³/mol. The Bertz CT molecular complexity index is 733. The highest BCUT2D eigenvalue weighted by Gasteiger charge is 2.42. The van der Waals surface area contributed by atoms with E-state index in [0.717, 1.165) is 5.56 Å². The predicted octanol–water partition coefficient (Wildman–Crippen LogP) is 3.50. The number of rotatable bonds is 3. The minimum atomic E-state index is -0.422. The maximum atomic E-state index is 12.7. The van der Waals surface area contributed by atoms with E-state index >= 15 is 0 Å². The molecule has 0 aliphatic carbocycles. The zero-order valence-corrected chi connectivity index (χ0v) is 13.5. The van der Waals surface area contributed by atoms with Crippen LogP contribution in [0.2, 0.25) is 5.02 Å². The molecule has 2 aromatic carbocycles. The Hall–Kier alpha value is -2.33. The van der Waals surface area contributed by atoms with E-state index in [9.17, 15) is 9.59 Å². The summed E-state index contributed by atoms with van der Waals surface area (Å²) in [6.45, 7) is 0. The smallest absolute Gasteiger partial charge is 0.230 e. The third kappa shape index (κ3) is 3.22. The van der Waals surface area contributed by atoms with Crippen LogP contribution in [0.3, 0.4) is 0 Å². The van der Waals surface area contributed by atoms with Crippen molar-refractivity contribution in [2.75, 3.05) is 12.4 Å². The highest BCUT2D eigenvalue weighted by molar-refractivity contribution is 6.30. The van der Waals surface area contributed by atoms with Crippen LogP contribution >= 0.6 is 11.6 Å². The Balaban J connectivity index is 1.84. The van der Waals surface area contributed by atoms with Crippen LogP contribution in [0.5, 0.6) is 0 Å². The molecule has 0 spiro atoms. The highest BCUT2D eigenvalue weighted by atomic mass is 35.5. The van der Waals surface area contributed by atoms with Crippen LogP contribution in [0.4, 0.5) is 5.69 Å². The molecule has 1 saturated heterocycles. The fraction of sp³-hybridized carbons (Fsp3) is 0.222. The Morgan fingerprint density at radius 1 is 1.17 bits per heavy atom. The minimum Gasteiger partial charge on any atom is -0.338 e. The molecule has 23 heavy (non-hydrogen) atoms. The Kier molecular flexibility index (Phi) is 4.35. The average molecular weight is 329 g/mol. The third-order valence-corrected chi connectivity index (χ3v) is 4.39. The van der Waals surface area contributed by atoms with E-state index in [2.05, 4.69) is 5.32 Å². The first-order chi connectivity index (χ1) is 11.1. The van der Waals surface area contributed by atoms with Crippen molar-refractivity contribution in [3.8, 4) is 0 Å². The molecule has 0 unspecified atom stereocenters. The van der Waals surface area contributed by atoms with Crippen LogP contribution in [0.15, 0.2) is 54.6 Å². The molecule has 4 nitrogen and oxygen atoms in total. The topological polar surface area (TPSA) is 49.4 Å². The molecule has 2 atom stereocenters. The van der Waals surface area contributed by atoms with Gasteiger partial charge >= 0.3 is 0 Å². The molecule has 1 fully saturated rings. The lowest BCUT2D eigenvalue weighted by Crippen LogP contribution is -2.30. The largest absolute Gasteiger partial charge is 0.338 e. The van der Waals surface area contributed by atoms with Gasteiger partial charge in [0, 0.05) is 24.2 Å². The zero-order valence-electron chi connectivity index (χ0n) is 12.7. The summed E-state index contributed by atoms with van der Waals surface area (Å²) in [5, 5.41) is 3.42. The van der Waals surface area contributed by atoms with Gasteiger partial charge in [0.25, 0.3) is 0 Å². The number of hydrogen-bond donors (Lipinski definition) is 1. The molecule has 1 heterocycles. The Morgan fingerprint density at radius 3 is 2.61 bits per heavy atom. The second-order valence-electron chi connectivity index (χ2n) is 5.67. The van der Waals surface area contributed by atoms with Crippen LogP contribution < -0.4 is 5.32 Å². The maximum absolute atomic E-state index is 12.7. The fourth-order valence-corrected chi connectivity index (χ4v) is 3.20. The minimum absolute atomic E-state index is 0.0231. The van der Waals surface area contributed by atoms with Gasteiger partial charge in [-0.1, -0.05) is 48.0 Å². The maximum Gasteiger partial charge on any atom is 0.230 e. The second-order valence-corrected chi connectivity index (χ2v) is 6.11. The summed E-state index contributed by atoms with van der Waals surface area (Å²) < 4.78 is 0. The van der Waals surface area contributed by atoms with Crippen molar-refractivity contribution in [2.24, 2.45) is 5.92 Å². The monoisotopic (exact) mass is 328 g/mol. The van der Waals surface area contributed by atoms with Crippen LogP contribution in [-0.4, -0.2) is 23.8 Å². The zero-order chi connectivity index (χ0) is 16.4. The first-order valence-electron chi connectivity index (χ1n) is 7.43. The lowest BCUT2D eigenvalue weighted by atomic mass is 9.93. The van der Waals surface area contributed by atoms with Crippen LogP contribution in [0.25, 0.3) is 0 Å². The van der Waals surface area contributed by atoms with Gasteiger partial charge in [0.1, 0.15) is 0 Å². The van der Waals surface area contributed by atoms with Crippen molar-refractivity contribution in [1.82, 2.24) is 4.90 Å². The molecule has 2 amide bonds. The quantitative estimate of drug-likeness (QED) is 0.937. The summed E-state index contributed by atoms with van der Waals surface area (Å²) in [6, 6.07) is 16.4. The number of hydrogen-bond acceptors (Lipinski definition) is 2. The van der Waals surface area contributed by atoms with E-state index < -0.39 is 5.92 Å². The highest BCUT2D eigenvalue weighted by Crippen LogP contribution is 2.37. The first-order valence-corrected chi connectivity index (χ1v) is 7.81. The molecule has 1 N–H and O–H groups in total. The van der Waals surface area contributed by atoms with Crippen molar-refractivity contribution in [3.63, 3.8) is 0 Å². The molecule has 0 bridgehead atoms. The van der Waals surface area contributed by atoms with Crippen molar-refractivity contribution in [2.45, 2.75) is 12.5 Å². The van der Waals surface area contributed by atoms with E-state index in [1.54, 1.807) is 36.2 Å². The Morgan fingerprint density at radius 2 is 1.91 bits per heavy atom. The van der Waals surface area contributed by atoms with Gasteiger partial charge < -0.3 is 10.2 Å². The number of nitrogens with one attached hydrogen (secondary N) is 1. The molecule has 5 heteroatoms. The number of halogens is 1. The molecule has 1 aliphatic heterocycles. The third-order valence-electron chi connectivity index (χ3n) is 4.16. The number of amides is 2. The van der Waals surface area contributed by atoms with Crippen LogP contribution in [0.1, 0.15) is 18.0 Å². The molecule has 1 aliphatic rings. The van der Waals surface area contributed by atoms with Crippen LogP contribution in [0, 0.1) is 5.92 Å². The van der Waals surface area contributed by atoms with Crippen LogP contribution in [-0.2, 0) is 9.59 Å². The number of anilines is 1. The van der Waals surface area contributed by atoms with Gasteiger partial charge in [-0.2, -0.15) is 0 Å². The lowest BCUT2D eigenvalue weighted by molar-refractivity contribution is -0.127. The van der Waals surface area contributed by atoms with Gasteiger partial charge in [-0.05, 0) is 23.8 Å². The van der Waals surface area contributed by atoms with Gasteiger partial charge in [-0.25, -0.2) is 0 Å². The van der Waals surface area contributed by atoms with E-state index in [1.807, 2.05) is 30.3 Å². The average Bonchev–Trinajstić information content (AvgIpc) is 2.84. The second kappa shape index (κ2) is 6.42. The number of nitrogens with zero attached hydrogens (tertiary/aromatic N) is 1. The van der Waals surface area contributed by atoms with E-state index in [0.29, 0.717) is 10.7 Å². The summed E-state index contributed by atoms with van der Waals surface area (Å²) in [7, 11) is 1.74. The number of likely N-dealkylation sites (tertiary alicyclic amines) is 1. The first kappa shape index (κ1) is 15.6. The van der Waals surface area contributed by atoms with Gasteiger partial charge in [0.2, 0.25) is 11.8 Å². The molecular weight excluding hydrogens is 312 g/mol. The summed E-state index contributed by atoms with van der Waals surface area (Å²) >= 11 is 5.95. The van der Waals surface area contributed by atoms with Gasteiger partial charge in [-0.3, -0.25) is 9.59 Å². The molecule has 2 aromatic rings. The molecule has 0 radical (unpaired) electrons. The van der Waals surface area contributed by atoms with Gasteiger partial charge in [-0.15, -0.1) is 0 Å². The normalized spacial score (nSPS) is 20.6.